The first-order chi connectivity index (χ1) is 16.1. The first-order valence-corrected chi connectivity index (χ1v) is 11.6. The molecule has 0 amide bonds. The average Bonchev–Trinajstić information content (AvgIpc) is 2.86. The van der Waals surface area contributed by atoms with Gasteiger partial charge in [-0.15, -0.1) is 0 Å². The second kappa shape index (κ2) is 9.55. The molecule has 1 aliphatic rings. The summed E-state index contributed by atoms with van der Waals surface area (Å²) in [5, 5.41) is 0.988. The standard InChI is InChI=1S/C29H28N2O2/c1-31-16-14-27(15-17-31)33-26-12-10-23(11-13-26)22-8-6-21(7-9-22)18-29(32)25-19-24-4-2-3-5-28(24)30-20-25/h2-13,19-20,27H,14-18H2,1H3. The molecule has 5 rings (SSSR count). The number of rotatable bonds is 6. The van der Waals surface area contributed by atoms with Gasteiger partial charge in [-0.05, 0) is 60.8 Å². The Morgan fingerprint density at radius 2 is 1.61 bits per heavy atom. The van der Waals surface area contributed by atoms with Crippen LogP contribution in [0.4, 0.5) is 0 Å². The molecule has 33 heavy (non-hydrogen) atoms. The maximum absolute atomic E-state index is 12.8. The quantitative estimate of drug-likeness (QED) is 0.358. The molecule has 1 fully saturated rings. The van der Waals surface area contributed by atoms with E-state index in [1.54, 1.807) is 6.20 Å². The molecule has 4 aromatic rings. The topological polar surface area (TPSA) is 42.4 Å². The lowest BCUT2D eigenvalue weighted by Crippen LogP contribution is -2.35. The molecular formula is C29H28N2O2. The van der Waals surface area contributed by atoms with Crippen LogP contribution in [-0.4, -0.2) is 41.9 Å². The van der Waals surface area contributed by atoms with E-state index in [0.29, 0.717) is 18.1 Å². The first-order valence-electron chi connectivity index (χ1n) is 11.6. The molecule has 0 unspecified atom stereocenters. The number of hydrogen-bond donors (Lipinski definition) is 0. The molecule has 4 heteroatoms. The molecular weight excluding hydrogens is 408 g/mol. The molecule has 0 spiro atoms. The van der Waals surface area contributed by atoms with Gasteiger partial charge >= 0.3 is 0 Å². The first kappa shape index (κ1) is 21.4. The minimum atomic E-state index is 0.0800. The van der Waals surface area contributed by atoms with Crippen molar-refractivity contribution in [2.75, 3.05) is 20.1 Å². The monoisotopic (exact) mass is 436 g/mol. The summed E-state index contributed by atoms with van der Waals surface area (Å²) in [5.74, 6) is 1.01. The number of fused-ring (bicyclic) bond motifs is 1. The number of ketones is 1. The van der Waals surface area contributed by atoms with Crippen molar-refractivity contribution in [3.63, 3.8) is 0 Å². The predicted molar refractivity (Wildman–Crippen MR) is 133 cm³/mol. The van der Waals surface area contributed by atoms with Gasteiger partial charge in [-0.2, -0.15) is 0 Å². The van der Waals surface area contributed by atoms with Crippen LogP contribution in [0.15, 0.2) is 85.1 Å². The Balaban J connectivity index is 1.22. The Morgan fingerprint density at radius 1 is 0.939 bits per heavy atom. The number of benzene rings is 3. The van der Waals surface area contributed by atoms with Gasteiger partial charge in [0.15, 0.2) is 5.78 Å². The summed E-state index contributed by atoms with van der Waals surface area (Å²) in [6, 6.07) is 26.3. The minimum Gasteiger partial charge on any atom is -0.490 e. The number of likely N-dealkylation sites (tertiary alicyclic amines) is 1. The summed E-state index contributed by atoms with van der Waals surface area (Å²) >= 11 is 0. The maximum Gasteiger partial charge on any atom is 0.168 e. The number of nitrogens with zero attached hydrogens (tertiary/aromatic N) is 2. The van der Waals surface area contributed by atoms with E-state index in [9.17, 15) is 4.79 Å². The van der Waals surface area contributed by atoms with Gasteiger partial charge in [-0.1, -0.05) is 54.6 Å². The lowest BCUT2D eigenvalue weighted by atomic mass is 9.99. The van der Waals surface area contributed by atoms with Crippen LogP contribution >= 0.6 is 0 Å². The Labute approximate surface area is 194 Å². The van der Waals surface area contributed by atoms with E-state index in [1.807, 2.05) is 42.5 Å². The molecule has 166 valence electrons. The second-order valence-corrected chi connectivity index (χ2v) is 8.86. The number of carbonyl (C=O) groups is 1. The molecule has 2 heterocycles. The number of carbonyl (C=O) groups excluding carboxylic acids is 1. The second-order valence-electron chi connectivity index (χ2n) is 8.86. The SMILES string of the molecule is CN1CCC(Oc2ccc(-c3ccc(CC(=O)c4cnc5ccccc5c4)cc3)cc2)CC1. The summed E-state index contributed by atoms with van der Waals surface area (Å²) in [6.45, 7) is 2.18. The van der Waals surface area contributed by atoms with E-state index in [0.717, 1.165) is 59.3 Å². The van der Waals surface area contributed by atoms with Crippen molar-refractivity contribution >= 4 is 16.7 Å². The minimum absolute atomic E-state index is 0.0800. The molecule has 1 aliphatic heterocycles. The zero-order valence-corrected chi connectivity index (χ0v) is 18.9. The molecule has 0 radical (unpaired) electrons. The summed E-state index contributed by atoms with van der Waals surface area (Å²) in [7, 11) is 2.16. The van der Waals surface area contributed by atoms with Gasteiger partial charge < -0.3 is 9.64 Å². The van der Waals surface area contributed by atoms with Crippen LogP contribution in [-0.2, 0) is 6.42 Å². The molecule has 1 saturated heterocycles. The fourth-order valence-corrected chi connectivity index (χ4v) is 4.35. The van der Waals surface area contributed by atoms with Crippen LogP contribution in [0.1, 0.15) is 28.8 Å². The van der Waals surface area contributed by atoms with Crippen molar-refractivity contribution < 1.29 is 9.53 Å². The van der Waals surface area contributed by atoms with Gasteiger partial charge in [0.25, 0.3) is 0 Å². The molecule has 4 nitrogen and oxygen atoms in total. The van der Waals surface area contributed by atoms with Crippen molar-refractivity contribution in [3.8, 4) is 16.9 Å². The van der Waals surface area contributed by atoms with Gasteiger partial charge in [0.1, 0.15) is 11.9 Å². The van der Waals surface area contributed by atoms with E-state index >= 15 is 0 Å². The summed E-state index contributed by atoms with van der Waals surface area (Å²) in [4.78, 5) is 19.5. The maximum atomic E-state index is 12.8. The van der Waals surface area contributed by atoms with Crippen LogP contribution in [0, 0.1) is 0 Å². The highest BCUT2D eigenvalue weighted by Crippen LogP contribution is 2.25. The lowest BCUT2D eigenvalue weighted by molar-refractivity contribution is 0.0992. The van der Waals surface area contributed by atoms with E-state index in [4.69, 9.17) is 4.74 Å². The highest BCUT2D eigenvalue weighted by Gasteiger charge is 2.18. The average molecular weight is 437 g/mol. The van der Waals surface area contributed by atoms with Crippen molar-refractivity contribution in [2.24, 2.45) is 0 Å². The van der Waals surface area contributed by atoms with Gasteiger partial charge in [0, 0.05) is 36.7 Å². The summed E-state index contributed by atoms with van der Waals surface area (Å²) < 4.78 is 6.16. The number of pyridine rings is 1. The summed E-state index contributed by atoms with van der Waals surface area (Å²) in [5.41, 5.74) is 4.82. The lowest BCUT2D eigenvalue weighted by Gasteiger charge is -2.29. The molecule has 0 atom stereocenters. The predicted octanol–water partition coefficient (Wildman–Crippen LogP) is 5.80. The van der Waals surface area contributed by atoms with E-state index in [1.165, 1.54) is 0 Å². The van der Waals surface area contributed by atoms with Crippen LogP contribution in [0.5, 0.6) is 5.75 Å². The molecule has 0 N–H and O–H groups in total. The Kier molecular flexibility index (Phi) is 6.18. The highest BCUT2D eigenvalue weighted by molar-refractivity contribution is 6.00. The fraction of sp³-hybridized carbons (Fsp3) is 0.241. The molecule has 1 aromatic heterocycles. The number of hydrogen-bond acceptors (Lipinski definition) is 4. The van der Waals surface area contributed by atoms with Crippen LogP contribution in [0.25, 0.3) is 22.0 Å². The normalized spacial score (nSPS) is 14.9. The van der Waals surface area contributed by atoms with Crippen molar-refractivity contribution in [1.29, 1.82) is 0 Å². The smallest absolute Gasteiger partial charge is 0.168 e. The fourth-order valence-electron chi connectivity index (χ4n) is 4.35. The largest absolute Gasteiger partial charge is 0.490 e. The van der Waals surface area contributed by atoms with E-state index in [2.05, 4.69) is 53.3 Å². The molecule has 3 aromatic carbocycles. The van der Waals surface area contributed by atoms with Crippen molar-refractivity contribution in [1.82, 2.24) is 9.88 Å². The van der Waals surface area contributed by atoms with Gasteiger partial charge in [0.05, 0.1) is 5.52 Å². The molecule has 0 bridgehead atoms. The summed E-state index contributed by atoms with van der Waals surface area (Å²) in [6.07, 6.45) is 4.50. The zero-order chi connectivity index (χ0) is 22.6. The molecule has 0 aliphatic carbocycles. The third-order valence-corrected chi connectivity index (χ3v) is 6.39. The number of ether oxygens (including phenoxy) is 1. The zero-order valence-electron chi connectivity index (χ0n) is 18.9. The highest BCUT2D eigenvalue weighted by atomic mass is 16.5. The van der Waals surface area contributed by atoms with E-state index < -0.39 is 0 Å². The van der Waals surface area contributed by atoms with E-state index in [-0.39, 0.29) is 5.78 Å². The number of aromatic nitrogens is 1. The Bertz CT molecular complexity index is 1240. The number of piperidine rings is 1. The Morgan fingerprint density at radius 3 is 2.33 bits per heavy atom. The third kappa shape index (κ3) is 5.12. The van der Waals surface area contributed by atoms with Gasteiger partial charge in [-0.3, -0.25) is 9.78 Å². The van der Waals surface area contributed by atoms with Crippen LogP contribution in [0.3, 0.4) is 0 Å². The van der Waals surface area contributed by atoms with Crippen molar-refractivity contribution in [3.05, 3.63) is 96.2 Å². The van der Waals surface area contributed by atoms with Crippen LogP contribution in [0.2, 0.25) is 0 Å². The van der Waals surface area contributed by atoms with Crippen molar-refractivity contribution in [2.45, 2.75) is 25.4 Å². The van der Waals surface area contributed by atoms with Gasteiger partial charge in [-0.25, -0.2) is 0 Å². The van der Waals surface area contributed by atoms with Crippen LogP contribution < -0.4 is 4.74 Å². The van der Waals surface area contributed by atoms with Gasteiger partial charge in [0.2, 0.25) is 0 Å². The number of Topliss-reactive ketones (excluding diaryl/α,β-unsaturated/α-hetero) is 1. The molecule has 0 saturated carbocycles. The Hall–Kier alpha value is -3.50. The third-order valence-electron chi connectivity index (χ3n) is 6.39. The number of para-hydroxylation sites is 1.